The molecule has 1 amide bonds. The maximum Gasteiger partial charge on any atom is 0.226 e. The van der Waals surface area contributed by atoms with Gasteiger partial charge in [0, 0.05) is 31.7 Å². The molecule has 0 bridgehead atoms. The Morgan fingerprint density at radius 1 is 1.41 bits per heavy atom. The molecule has 1 saturated heterocycles. The summed E-state index contributed by atoms with van der Waals surface area (Å²) in [5.74, 6) is 0.470. The van der Waals surface area contributed by atoms with E-state index in [2.05, 4.69) is 10.00 Å². The molecule has 5 heteroatoms. The van der Waals surface area contributed by atoms with E-state index < -0.39 is 0 Å². The number of carbonyl (C=O) groups excluding carboxylic acids is 1. The first kappa shape index (κ1) is 14.2. The highest BCUT2D eigenvalue weighted by Crippen LogP contribution is 2.37. The van der Waals surface area contributed by atoms with E-state index in [1.807, 2.05) is 17.9 Å². The summed E-state index contributed by atoms with van der Waals surface area (Å²) in [4.78, 5) is 15.0. The fourth-order valence-electron chi connectivity index (χ4n) is 4.50. The average molecular weight is 303 g/mol. The van der Waals surface area contributed by atoms with E-state index in [1.165, 1.54) is 24.1 Å². The number of aryl methyl sites for hydroxylation is 1. The minimum atomic E-state index is -0.0258. The van der Waals surface area contributed by atoms with Gasteiger partial charge in [0.2, 0.25) is 5.91 Å². The predicted molar refractivity (Wildman–Crippen MR) is 82.5 cm³/mol. The summed E-state index contributed by atoms with van der Waals surface area (Å²) in [6.45, 7) is 2.27. The Bertz CT molecular complexity index is 574. The summed E-state index contributed by atoms with van der Waals surface area (Å²) in [7, 11) is 1.99. The SMILES string of the molecule is Cn1ncc2c1CCC(C(=O)N1CCOC3(CCCC3)C1)C2. The number of ether oxygens (including phenoxy) is 1. The zero-order valence-electron chi connectivity index (χ0n) is 13.4. The second kappa shape index (κ2) is 5.37. The third-order valence-corrected chi connectivity index (χ3v) is 5.77. The van der Waals surface area contributed by atoms with Crippen LogP contribution >= 0.6 is 0 Å². The van der Waals surface area contributed by atoms with Crippen LogP contribution in [0, 0.1) is 5.92 Å². The summed E-state index contributed by atoms with van der Waals surface area (Å²) in [6.07, 6.45) is 9.43. The molecule has 120 valence electrons. The Morgan fingerprint density at radius 2 is 2.23 bits per heavy atom. The number of aromatic nitrogens is 2. The van der Waals surface area contributed by atoms with Gasteiger partial charge >= 0.3 is 0 Å². The van der Waals surface area contributed by atoms with Crippen molar-refractivity contribution in [2.45, 2.75) is 50.5 Å². The lowest BCUT2D eigenvalue weighted by molar-refractivity contribution is -0.154. The summed E-state index contributed by atoms with van der Waals surface area (Å²) >= 11 is 0. The molecule has 4 rings (SSSR count). The lowest BCUT2D eigenvalue weighted by Gasteiger charge is -2.42. The van der Waals surface area contributed by atoms with E-state index >= 15 is 0 Å². The zero-order chi connectivity index (χ0) is 15.2. The number of carbonyl (C=O) groups is 1. The number of morpholine rings is 1. The molecule has 1 spiro atoms. The molecule has 2 fully saturated rings. The second-order valence-corrected chi connectivity index (χ2v) is 7.18. The second-order valence-electron chi connectivity index (χ2n) is 7.18. The van der Waals surface area contributed by atoms with Crippen LogP contribution in [0.25, 0.3) is 0 Å². The summed E-state index contributed by atoms with van der Waals surface area (Å²) in [5, 5.41) is 4.33. The molecule has 1 aromatic rings. The van der Waals surface area contributed by atoms with Crippen molar-refractivity contribution in [3.05, 3.63) is 17.5 Å². The van der Waals surface area contributed by atoms with Gasteiger partial charge in [-0.25, -0.2) is 0 Å². The largest absolute Gasteiger partial charge is 0.371 e. The van der Waals surface area contributed by atoms with Crippen LogP contribution in [0.5, 0.6) is 0 Å². The van der Waals surface area contributed by atoms with E-state index in [9.17, 15) is 4.79 Å². The fraction of sp³-hybridized carbons (Fsp3) is 0.765. The highest BCUT2D eigenvalue weighted by molar-refractivity contribution is 5.79. The monoisotopic (exact) mass is 303 g/mol. The summed E-state index contributed by atoms with van der Waals surface area (Å²) in [5.41, 5.74) is 2.54. The van der Waals surface area contributed by atoms with Crippen molar-refractivity contribution in [1.29, 1.82) is 0 Å². The molecule has 1 unspecified atom stereocenters. The molecular weight excluding hydrogens is 278 g/mol. The Kier molecular flexibility index (Phi) is 3.48. The number of amides is 1. The van der Waals surface area contributed by atoms with Crippen LogP contribution in [0.3, 0.4) is 0 Å². The first-order chi connectivity index (χ1) is 10.7. The van der Waals surface area contributed by atoms with Gasteiger partial charge in [0.15, 0.2) is 0 Å². The molecule has 0 N–H and O–H groups in total. The molecule has 0 aromatic carbocycles. The van der Waals surface area contributed by atoms with Gasteiger partial charge in [-0.05, 0) is 37.7 Å². The Hall–Kier alpha value is -1.36. The molecule has 2 aliphatic carbocycles. The predicted octanol–water partition coefficient (Wildman–Crippen LogP) is 1.70. The highest BCUT2D eigenvalue weighted by Gasteiger charge is 2.42. The molecule has 1 aromatic heterocycles. The average Bonchev–Trinajstić information content (AvgIpc) is 3.14. The Morgan fingerprint density at radius 3 is 3.05 bits per heavy atom. The third-order valence-electron chi connectivity index (χ3n) is 5.77. The van der Waals surface area contributed by atoms with E-state index in [4.69, 9.17) is 4.74 Å². The normalized spacial score (nSPS) is 27.1. The van der Waals surface area contributed by atoms with E-state index in [-0.39, 0.29) is 11.5 Å². The highest BCUT2D eigenvalue weighted by atomic mass is 16.5. The lowest BCUT2D eigenvalue weighted by Crippen LogP contribution is -2.54. The van der Waals surface area contributed by atoms with Crippen molar-refractivity contribution in [2.24, 2.45) is 13.0 Å². The van der Waals surface area contributed by atoms with Gasteiger partial charge in [0.1, 0.15) is 0 Å². The van der Waals surface area contributed by atoms with Crippen molar-refractivity contribution in [3.8, 4) is 0 Å². The molecule has 3 aliphatic rings. The lowest BCUT2D eigenvalue weighted by atomic mass is 9.86. The summed E-state index contributed by atoms with van der Waals surface area (Å²) < 4.78 is 8.00. The van der Waals surface area contributed by atoms with Gasteiger partial charge in [-0.3, -0.25) is 9.48 Å². The van der Waals surface area contributed by atoms with Crippen molar-refractivity contribution in [2.75, 3.05) is 19.7 Å². The number of rotatable bonds is 1. The molecule has 2 heterocycles. The van der Waals surface area contributed by atoms with Gasteiger partial charge in [0.25, 0.3) is 0 Å². The van der Waals surface area contributed by atoms with E-state index in [0.29, 0.717) is 12.5 Å². The number of hydrogen-bond donors (Lipinski definition) is 0. The minimum Gasteiger partial charge on any atom is -0.371 e. The van der Waals surface area contributed by atoms with Crippen molar-refractivity contribution in [1.82, 2.24) is 14.7 Å². The summed E-state index contributed by atoms with van der Waals surface area (Å²) in [6, 6.07) is 0. The van der Waals surface area contributed by atoms with Gasteiger partial charge in [-0.15, -0.1) is 0 Å². The molecule has 1 aliphatic heterocycles. The maximum atomic E-state index is 13.0. The van der Waals surface area contributed by atoms with Crippen molar-refractivity contribution in [3.63, 3.8) is 0 Å². The molecule has 5 nitrogen and oxygen atoms in total. The molecular formula is C17H25N3O2. The van der Waals surface area contributed by atoms with Gasteiger partial charge in [-0.1, -0.05) is 12.8 Å². The quantitative estimate of drug-likeness (QED) is 0.793. The number of nitrogens with zero attached hydrogens (tertiary/aromatic N) is 3. The van der Waals surface area contributed by atoms with Crippen LogP contribution in [0.4, 0.5) is 0 Å². The minimum absolute atomic E-state index is 0.0258. The number of hydrogen-bond acceptors (Lipinski definition) is 3. The van der Waals surface area contributed by atoms with Crippen LogP contribution in [-0.2, 0) is 29.4 Å². The first-order valence-electron chi connectivity index (χ1n) is 8.59. The third kappa shape index (κ3) is 2.35. The maximum absolute atomic E-state index is 13.0. The molecule has 1 atom stereocenters. The van der Waals surface area contributed by atoms with Crippen LogP contribution < -0.4 is 0 Å². The Labute approximate surface area is 131 Å². The zero-order valence-corrected chi connectivity index (χ0v) is 13.4. The van der Waals surface area contributed by atoms with Gasteiger partial charge in [-0.2, -0.15) is 5.10 Å². The first-order valence-corrected chi connectivity index (χ1v) is 8.59. The fourth-order valence-corrected chi connectivity index (χ4v) is 4.50. The smallest absolute Gasteiger partial charge is 0.226 e. The van der Waals surface area contributed by atoms with E-state index in [0.717, 1.165) is 45.2 Å². The number of fused-ring (bicyclic) bond motifs is 1. The van der Waals surface area contributed by atoms with Crippen LogP contribution in [0.2, 0.25) is 0 Å². The van der Waals surface area contributed by atoms with Gasteiger partial charge < -0.3 is 9.64 Å². The van der Waals surface area contributed by atoms with Gasteiger partial charge in [0.05, 0.1) is 18.4 Å². The van der Waals surface area contributed by atoms with E-state index in [1.54, 1.807) is 0 Å². The van der Waals surface area contributed by atoms with Crippen LogP contribution in [-0.4, -0.2) is 45.9 Å². The van der Waals surface area contributed by atoms with Crippen molar-refractivity contribution >= 4 is 5.91 Å². The standard InChI is InChI=1S/C17H25N3O2/c1-19-15-5-4-13(10-14(15)11-18-19)16(21)20-8-9-22-17(12-20)6-2-3-7-17/h11,13H,2-10,12H2,1H3. The van der Waals surface area contributed by atoms with Crippen molar-refractivity contribution < 1.29 is 9.53 Å². The van der Waals surface area contributed by atoms with Crippen LogP contribution in [0.1, 0.15) is 43.4 Å². The molecule has 0 radical (unpaired) electrons. The topological polar surface area (TPSA) is 47.4 Å². The molecule has 22 heavy (non-hydrogen) atoms. The molecule has 1 saturated carbocycles. The Balaban J connectivity index is 1.46. The van der Waals surface area contributed by atoms with Crippen LogP contribution in [0.15, 0.2) is 6.20 Å².